The Morgan fingerprint density at radius 2 is 1.97 bits per heavy atom. The monoisotopic (exact) mass is 430 g/mol. The molecule has 7 nitrogen and oxygen atoms in total. The van der Waals surface area contributed by atoms with Crippen molar-refractivity contribution in [2.45, 2.75) is 19.8 Å². The van der Waals surface area contributed by atoms with Crippen LogP contribution in [0.1, 0.15) is 26.8 Å². The lowest BCUT2D eigenvalue weighted by molar-refractivity contribution is -0.116. The fraction of sp³-hybridized carbons (Fsp3) is 0.200. The van der Waals surface area contributed by atoms with Crippen molar-refractivity contribution in [3.63, 3.8) is 0 Å². The van der Waals surface area contributed by atoms with Crippen molar-refractivity contribution in [2.24, 2.45) is 0 Å². The van der Waals surface area contributed by atoms with E-state index >= 15 is 0 Å². The number of ether oxygens (including phenoxy) is 1. The second-order valence-corrected chi connectivity index (χ2v) is 7.72. The van der Waals surface area contributed by atoms with Crippen LogP contribution in [0.5, 0.6) is 5.75 Å². The highest BCUT2D eigenvalue weighted by atomic mass is 35.5. The van der Waals surface area contributed by atoms with Gasteiger partial charge < -0.3 is 15.4 Å². The number of carbonyl (C=O) groups is 2. The van der Waals surface area contributed by atoms with Gasteiger partial charge in [-0.1, -0.05) is 35.1 Å². The number of anilines is 2. The summed E-state index contributed by atoms with van der Waals surface area (Å²) in [5, 5.41) is 14.8. The predicted octanol–water partition coefficient (Wildman–Crippen LogP) is 4.33. The van der Waals surface area contributed by atoms with Crippen molar-refractivity contribution in [3.05, 3.63) is 63.1 Å². The number of rotatable bonds is 7. The molecule has 1 heterocycles. The summed E-state index contributed by atoms with van der Waals surface area (Å²) in [4.78, 5) is 24.6. The Bertz CT molecular complexity index is 1040. The van der Waals surface area contributed by atoms with E-state index in [1.54, 1.807) is 37.4 Å². The third-order valence-electron chi connectivity index (χ3n) is 3.94. The van der Waals surface area contributed by atoms with Crippen molar-refractivity contribution in [2.75, 3.05) is 17.7 Å². The van der Waals surface area contributed by atoms with E-state index in [0.29, 0.717) is 33.6 Å². The third-order valence-corrected chi connectivity index (χ3v) is 5.16. The summed E-state index contributed by atoms with van der Waals surface area (Å²) in [7, 11) is 1.55. The molecule has 1 aromatic heterocycles. The topological polar surface area (TPSA) is 93.2 Å². The van der Waals surface area contributed by atoms with Gasteiger partial charge in [0.1, 0.15) is 10.8 Å². The van der Waals surface area contributed by atoms with Gasteiger partial charge in [-0.05, 0) is 42.8 Å². The second kappa shape index (κ2) is 9.49. The van der Waals surface area contributed by atoms with Crippen LogP contribution in [0.3, 0.4) is 0 Å². The number of hydrogen-bond donors (Lipinski definition) is 2. The fourth-order valence-corrected chi connectivity index (χ4v) is 3.47. The number of benzene rings is 2. The van der Waals surface area contributed by atoms with Crippen LogP contribution in [0.25, 0.3) is 0 Å². The average Bonchev–Trinajstić information content (AvgIpc) is 3.16. The van der Waals surface area contributed by atoms with Gasteiger partial charge in [-0.15, -0.1) is 10.2 Å². The minimum absolute atomic E-state index is 0.172. The molecule has 0 atom stereocenters. The molecule has 0 spiro atoms. The molecule has 0 radical (unpaired) electrons. The van der Waals surface area contributed by atoms with Gasteiger partial charge in [-0.2, -0.15) is 0 Å². The summed E-state index contributed by atoms with van der Waals surface area (Å²) in [6.45, 7) is 1.94. The van der Waals surface area contributed by atoms with E-state index in [4.69, 9.17) is 16.3 Å². The average molecular weight is 431 g/mol. The molecule has 0 unspecified atom stereocenters. The molecule has 29 heavy (non-hydrogen) atoms. The number of nitrogens with zero attached hydrogens (tertiary/aromatic N) is 2. The Labute approximate surface area is 177 Å². The maximum absolute atomic E-state index is 12.3. The van der Waals surface area contributed by atoms with Gasteiger partial charge in [-0.25, -0.2) is 0 Å². The highest BCUT2D eigenvalue weighted by molar-refractivity contribution is 7.13. The summed E-state index contributed by atoms with van der Waals surface area (Å²) < 4.78 is 5.26. The largest absolute Gasteiger partial charge is 0.495 e. The van der Waals surface area contributed by atoms with Gasteiger partial charge in [-0.3, -0.25) is 9.59 Å². The van der Waals surface area contributed by atoms with Crippen LogP contribution < -0.4 is 15.4 Å². The van der Waals surface area contributed by atoms with Crippen LogP contribution in [0.4, 0.5) is 11.4 Å². The van der Waals surface area contributed by atoms with E-state index in [1.165, 1.54) is 0 Å². The molecule has 3 rings (SSSR count). The first-order valence-corrected chi connectivity index (χ1v) is 9.98. The molecular weight excluding hydrogens is 412 g/mol. The smallest absolute Gasteiger partial charge is 0.286 e. The van der Waals surface area contributed by atoms with E-state index in [2.05, 4.69) is 20.8 Å². The second-order valence-electron chi connectivity index (χ2n) is 6.22. The van der Waals surface area contributed by atoms with Crippen LogP contribution in [0, 0.1) is 6.92 Å². The SMILES string of the molecule is COc1ccc(C)cc1NC(=O)CCc1nnc(C(=O)Nc2cccc(Cl)c2)s1. The number of hydrogen-bond acceptors (Lipinski definition) is 6. The van der Waals surface area contributed by atoms with Crippen LogP contribution in [0.15, 0.2) is 42.5 Å². The lowest BCUT2D eigenvalue weighted by Gasteiger charge is -2.10. The van der Waals surface area contributed by atoms with Crippen LogP contribution in [0.2, 0.25) is 5.02 Å². The van der Waals surface area contributed by atoms with Gasteiger partial charge in [0.15, 0.2) is 0 Å². The summed E-state index contributed by atoms with van der Waals surface area (Å²) >= 11 is 7.06. The minimum Gasteiger partial charge on any atom is -0.495 e. The molecule has 9 heteroatoms. The molecule has 0 aliphatic carbocycles. The molecule has 0 saturated carbocycles. The van der Waals surface area contributed by atoms with Crippen LogP contribution >= 0.6 is 22.9 Å². The standard InChI is InChI=1S/C20H19ClN4O3S/c1-12-6-7-16(28-2)15(10-12)23-17(26)8-9-18-24-25-20(29-18)19(27)22-14-5-3-4-13(21)11-14/h3-7,10-11H,8-9H2,1-2H3,(H,22,27)(H,23,26). The Balaban J connectivity index is 1.55. The summed E-state index contributed by atoms with van der Waals surface area (Å²) in [6.07, 6.45) is 0.587. The number of halogens is 1. The van der Waals surface area contributed by atoms with E-state index < -0.39 is 0 Å². The molecule has 0 bridgehead atoms. The van der Waals surface area contributed by atoms with Crippen molar-refractivity contribution < 1.29 is 14.3 Å². The zero-order valence-corrected chi connectivity index (χ0v) is 17.4. The van der Waals surface area contributed by atoms with E-state index in [1.807, 2.05) is 19.1 Å². The highest BCUT2D eigenvalue weighted by Gasteiger charge is 2.15. The number of methoxy groups -OCH3 is 1. The van der Waals surface area contributed by atoms with Crippen LogP contribution in [-0.4, -0.2) is 29.1 Å². The van der Waals surface area contributed by atoms with Crippen molar-refractivity contribution in [1.82, 2.24) is 10.2 Å². The molecule has 150 valence electrons. The van der Waals surface area contributed by atoms with Crippen molar-refractivity contribution in [1.29, 1.82) is 0 Å². The number of carbonyl (C=O) groups excluding carboxylic acids is 2. The first-order valence-electron chi connectivity index (χ1n) is 8.78. The van der Waals surface area contributed by atoms with Gasteiger partial charge in [0.25, 0.3) is 5.91 Å². The van der Waals surface area contributed by atoms with Gasteiger partial charge in [0, 0.05) is 23.6 Å². The molecule has 2 amide bonds. The normalized spacial score (nSPS) is 10.4. The molecule has 0 fully saturated rings. The maximum atomic E-state index is 12.3. The molecule has 0 aliphatic heterocycles. The van der Waals surface area contributed by atoms with Crippen molar-refractivity contribution >= 4 is 46.1 Å². The Morgan fingerprint density at radius 3 is 2.72 bits per heavy atom. The quantitative estimate of drug-likeness (QED) is 0.581. The summed E-state index contributed by atoms with van der Waals surface area (Å²) in [6, 6.07) is 12.4. The predicted molar refractivity (Wildman–Crippen MR) is 114 cm³/mol. The highest BCUT2D eigenvalue weighted by Crippen LogP contribution is 2.25. The first kappa shape index (κ1) is 20.8. The summed E-state index contributed by atoms with van der Waals surface area (Å²) in [5.74, 6) is 0.0545. The molecule has 2 N–H and O–H groups in total. The summed E-state index contributed by atoms with van der Waals surface area (Å²) in [5.41, 5.74) is 2.21. The number of aryl methyl sites for hydroxylation is 2. The molecule has 0 saturated heterocycles. The maximum Gasteiger partial charge on any atom is 0.286 e. The van der Waals surface area contributed by atoms with E-state index in [0.717, 1.165) is 16.9 Å². The lowest BCUT2D eigenvalue weighted by Crippen LogP contribution is -2.13. The Hall–Kier alpha value is -2.97. The Morgan fingerprint density at radius 1 is 1.14 bits per heavy atom. The van der Waals surface area contributed by atoms with Gasteiger partial charge in [0.05, 0.1) is 12.8 Å². The van der Waals surface area contributed by atoms with E-state index in [-0.39, 0.29) is 23.2 Å². The zero-order chi connectivity index (χ0) is 20.8. The molecule has 2 aromatic carbocycles. The molecule has 3 aromatic rings. The number of amides is 2. The molecule has 0 aliphatic rings. The lowest BCUT2D eigenvalue weighted by atomic mass is 10.2. The zero-order valence-electron chi connectivity index (χ0n) is 15.9. The third kappa shape index (κ3) is 5.75. The minimum atomic E-state index is -0.370. The number of nitrogens with one attached hydrogen (secondary N) is 2. The Kier molecular flexibility index (Phi) is 6.79. The van der Waals surface area contributed by atoms with Gasteiger partial charge >= 0.3 is 0 Å². The van der Waals surface area contributed by atoms with Crippen molar-refractivity contribution in [3.8, 4) is 5.75 Å². The van der Waals surface area contributed by atoms with Crippen LogP contribution in [-0.2, 0) is 11.2 Å². The molecular formula is C20H19ClN4O3S. The van der Waals surface area contributed by atoms with Gasteiger partial charge in [0.2, 0.25) is 10.9 Å². The first-order chi connectivity index (χ1) is 13.9. The number of aromatic nitrogens is 2. The van der Waals surface area contributed by atoms with E-state index in [9.17, 15) is 9.59 Å². The fourth-order valence-electron chi connectivity index (χ4n) is 2.55.